The first-order chi connectivity index (χ1) is 4.84. The lowest BCUT2D eigenvalue weighted by Crippen LogP contribution is -2.20. The molecule has 0 bridgehead atoms. The summed E-state index contributed by atoms with van der Waals surface area (Å²) in [5.74, 6) is 0.932. The highest BCUT2D eigenvalue weighted by atomic mass is 32.1. The van der Waals surface area contributed by atoms with Gasteiger partial charge in [-0.05, 0) is 12.3 Å². The Hall–Kier alpha value is 0.415. The largest absolute Gasteiger partial charge is 0.176 e. The third kappa shape index (κ3) is 2.23. The second kappa shape index (κ2) is 4.33. The Balaban J connectivity index is 2.25. The Labute approximate surface area is 70.4 Å². The minimum atomic E-state index is 0.716. The van der Waals surface area contributed by atoms with Crippen LogP contribution in [0.5, 0.6) is 0 Å². The zero-order valence-electron chi connectivity index (χ0n) is 6.84. The van der Waals surface area contributed by atoms with Gasteiger partial charge in [-0.2, -0.15) is 12.6 Å². The predicted molar refractivity (Wildman–Crippen MR) is 52.6 cm³/mol. The summed E-state index contributed by atoms with van der Waals surface area (Å²) in [7, 11) is 1.34. The van der Waals surface area contributed by atoms with Gasteiger partial charge in [-0.3, -0.25) is 0 Å². The number of rotatable bonds is 2. The van der Waals surface area contributed by atoms with Crippen LogP contribution in [-0.2, 0) is 0 Å². The summed E-state index contributed by atoms with van der Waals surface area (Å²) in [5.41, 5.74) is 0. The Morgan fingerprint density at radius 2 is 2.10 bits per heavy atom. The van der Waals surface area contributed by atoms with Crippen LogP contribution in [0.1, 0.15) is 25.7 Å². The van der Waals surface area contributed by atoms with Crippen molar-refractivity contribution in [3.05, 3.63) is 0 Å². The van der Waals surface area contributed by atoms with E-state index < -0.39 is 0 Å². The van der Waals surface area contributed by atoms with Crippen LogP contribution in [0.4, 0.5) is 0 Å². The summed E-state index contributed by atoms with van der Waals surface area (Å²) in [4.78, 5) is 0. The third-order valence-electron chi connectivity index (χ3n) is 2.53. The molecule has 0 aromatic carbocycles. The van der Waals surface area contributed by atoms with Gasteiger partial charge >= 0.3 is 0 Å². The highest BCUT2D eigenvalue weighted by molar-refractivity contribution is 7.81. The quantitative estimate of drug-likeness (QED) is 0.460. The number of hydrogen-bond donors (Lipinski definition) is 1. The lowest BCUT2D eigenvalue weighted by molar-refractivity contribution is 0.398. The van der Waals surface area contributed by atoms with Gasteiger partial charge in [-0.1, -0.05) is 32.4 Å². The molecule has 1 fully saturated rings. The van der Waals surface area contributed by atoms with E-state index in [4.69, 9.17) is 0 Å². The molecule has 0 saturated heterocycles. The van der Waals surface area contributed by atoms with E-state index in [1.807, 2.05) is 0 Å². The second-order valence-electron chi connectivity index (χ2n) is 3.40. The molecule has 2 atom stereocenters. The van der Waals surface area contributed by atoms with E-state index in [1.165, 1.54) is 39.3 Å². The van der Waals surface area contributed by atoms with Gasteiger partial charge < -0.3 is 0 Å². The van der Waals surface area contributed by atoms with Crippen LogP contribution in [0.3, 0.4) is 0 Å². The fraction of sp³-hybridized carbons (Fsp3) is 1.00. The van der Waals surface area contributed by atoms with Gasteiger partial charge in [-0.15, -0.1) is 0 Å². The molecule has 0 aliphatic heterocycles. The molecule has 0 N–H and O–H groups in total. The van der Waals surface area contributed by atoms with Crippen molar-refractivity contribution in [3.8, 4) is 0 Å². The van der Waals surface area contributed by atoms with E-state index >= 15 is 0 Å². The van der Waals surface area contributed by atoms with Crippen LogP contribution in [0.25, 0.3) is 0 Å². The summed E-state index contributed by atoms with van der Waals surface area (Å²) < 4.78 is 0. The fourth-order valence-electron chi connectivity index (χ4n) is 1.90. The number of hydrogen-bond acceptors (Lipinski definition) is 1. The zero-order chi connectivity index (χ0) is 7.40. The van der Waals surface area contributed by atoms with Crippen molar-refractivity contribution in [1.29, 1.82) is 0 Å². The van der Waals surface area contributed by atoms with Crippen LogP contribution >= 0.6 is 12.6 Å². The van der Waals surface area contributed by atoms with E-state index in [1.54, 1.807) is 0 Å². The van der Waals surface area contributed by atoms with Crippen molar-refractivity contribution in [1.82, 2.24) is 0 Å². The van der Waals surface area contributed by atoms with Gasteiger partial charge in [0.05, 0.1) is 0 Å². The molecule has 0 nitrogen and oxygen atoms in total. The first kappa shape index (κ1) is 8.51. The average Bonchev–Trinajstić information content (AvgIpc) is 1.94. The highest BCUT2D eigenvalue weighted by Gasteiger charge is 2.20. The van der Waals surface area contributed by atoms with Gasteiger partial charge in [0.25, 0.3) is 0 Å². The molecule has 10 heavy (non-hydrogen) atoms. The molecule has 0 aromatic rings. The number of thiol groups is 1. The molecule has 2 heteroatoms. The van der Waals surface area contributed by atoms with Crippen molar-refractivity contribution in [2.24, 2.45) is 5.92 Å². The summed E-state index contributed by atoms with van der Waals surface area (Å²) in [6.07, 6.45) is 7.04. The van der Waals surface area contributed by atoms with Gasteiger partial charge in [0, 0.05) is 5.25 Å². The average molecular weight is 156 g/mol. The van der Waals surface area contributed by atoms with Gasteiger partial charge in [0.1, 0.15) is 7.28 Å². The Kier molecular flexibility index (Phi) is 3.68. The SMILES string of the molecule is CBCC1CCCCC1S. The Morgan fingerprint density at radius 1 is 1.40 bits per heavy atom. The molecule has 1 rings (SSSR count). The maximum atomic E-state index is 4.59. The topological polar surface area (TPSA) is 0 Å². The van der Waals surface area contributed by atoms with Crippen LogP contribution in [0, 0.1) is 5.92 Å². The van der Waals surface area contributed by atoms with E-state index in [0.717, 1.165) is 5.92 Å². The first-order valence-corrected chi connectivity index (χ1v) is 5.04. The van der Waals surface area contributed by atoms with Crippen LogP contribution in [0.15, 0.2) is 0 Å². The molecule has 0 aromatic heterocycles. The minimum Gasteiger partial charge on any atom is -0.176 e. The second-order valence-corrected chi connectivity index (χ2v) is 4.06. The van der Waals surface area contributed by atoms with E-state index in [0.29, 0.717) is 5.25 Å². The van der Waals surface area contributed by atoms with E-state index in [9.17, 15) is 0 Å². The molecule has 0 heterocycles. The lowest BCUT2D eigenvalue weighted by atomic mass is 9.68. The minimum absolute atomic E-state index is 0.716. The molecule has 1 saturated carbocycles. The molecular weight excluding hydrogens is 139 g/mol. The summed E-state index contributed by atoms with van der Waals surface area (Å²) >= 11 is 4.59. The van der Waals surface area contributed by atoms with Crippen LogP contribution < -0.4 is 0 Å². The molecule has 0 spiro atoms. The molecule has 1 aliphatic rings. The Morgan fingerprint density at radius 3 is 2.70 bits per heavy atom. The fourth-order valence-corrected chi connectivity index (χ4v) is 2.38. The summed E-state index contributed by atoms with van der Waals surface area (Å²) in [6.45, 7) is 2.27. The maximum Gasteiger partial charge on any atom is 0.117 e. The predicted octanol–water partition coefficient (Wildman–Crippen LogP) is 2.38. The first-order valence-electron chi connectivity index (χ1n) is 4.52. The van der Waals surface area contributed by atoms with Crippen LogP contribution in [0.2, 0.25) is 13.1 Å². The standard InChI is InChI=1S/C8H17BS/c1-9-6-7-4-2-3-5-8(7)10/h7-10H,2-6H2,1H3. The van der Waals surface area contributed by atoms with Crippen molar-refractivity contribution in [3.63, 3.8) is 0 Å². The monoisotopic (exact) mass is 156 g/mol. The normalized spacial score (nSPS) is 33.8. The van der Waals surface area contributed by atoms with E-state index in [-0.39, 0.29) is 0 Å². The molecular formula is C8H17BS. The molecule has 0 amide bonds. The van der Waals surface area contributed by atoms with Crippen molar-refractivity contribution in [2.75, 3.05) is 0 Å². The van der Waals surface area contributed by atoms with Gasteiger partial charge in [0.15, 0.2) is 0 Å². The third-order valence-corrected chi connectivity index (χ3v) is 3.21. The van der Waals surface area contributed by atoms with Crippen molar-refractivity contribution < 1.29 is 0 Å². The molecule has 2 unspecified atom stereocenters. The maximum absolute atomic E-state index is 4.59. The van der Waals surface area contributed by atoms with Gasteiger partial charge in [-0.25, -0.2) is 0 Å². The summed E-state index contributed by atoms with van der Waals surface area (Å²) in [5, 5.41) is 0.716. The zero-order valence-corrected chi connectivity index (χ0v) is 7.74. The summed E-state index contributed by atoms with van der Waals surface area (Å²) in [6, 6.07) is 0. The van der Waals surface area contributed by atoms with Crippen molar-refractivity contribution >= 4 is 19.9 Å². The van der Waals surface area contributed by atoms with E-state index in [2.05, 4.69) is 19.5 Å². The van der Waals surface area contributed by atoms with Gasteiger partial charge in [0.2, 0.25) is 0 Å². The highest BCUT2D eigenvalue weighted by Crippen LogP contribution is 2.30. The van der Waals surface area contributed by atoms with Crippen molar-refractivity contribution in [2.45, 2.75) is 44.1 Å². The lowest BCUT2D eigenvalue weighted by Gasteiger charge is -2.27. The smallest absolute Gasteiger partial charge is 0.117 e. The van der Waals surface area contributed by atoms with Crippen LogP contribution in [-0.4, -0.2) is 12.5 Å². The molecule has 1 aliphatic carbocycles. The molecule has 0 radical (unpaired) electrons. The molecule has 58 valence electrons. The Bertz CT molecular complexity index is 93.3.